The Balaban J connectivity index is 2.16. The number of ether oxygens (including phenoxy) is 3. The maximum Gasteiger partial charge on any atom is 0.514 e. The molecule has 0 radical (unpaired) electrons. The summed E-state index contributed by atoms with van der Waals surface area (Å²) >= 11 is 22.2. The van der Waals surface area contributed by atoms with E-state index in [4.69, 9.17) is 55.9 Å². The van der Waals surface area contributed by atoms with E-state index >= 15 is 0 Å². The third kappa shape index (κ3) is 5.87. The zero-order chi connectivity index (χ0) is 17.7. The molecule has 0 aliphatic heterocycles. The summed E-state index contributed by atoms with van der Waals surface area (Å²) in [5, 5.41) is 7.41. The van der Waals surface area contributed by atoms with Crippen molar-refractivity contribution in [3.05, 3.63) is 41.0 Å². The minimum absolute atomic E-state index is 0.00342. The fourth-order valence-electron chi connectivity index (χ4n) is 1.52. The highest BCUT2D eigenvalue weighted by Crippen LogP contribution is 2.32. The maximum absolute atomic E-state index is 11.7. The lowest BCUT2D eigenvalue weighted by molar-refractivity contribution is 0.0995. The number of para-hydroxylation sites is 1. The van der Waals surface area contributed by atoms with E-state index in [2.05, 4.69) is 14.9 Å². The zero-order valence-corrected chi connectivity index (χ0v) is 15.2. The minimum atomic E-state index is -1.76. The van der Waals surface area contributed by atoms with Gasteiger partial charge in [-0.1, -0.05) is 64.6 Å². The standard InChI is InChI=1S/C14H10Cl4N2O4/c1-8-4-2-3-5-9(8)23-12-10(6-11(15)19-20-12)24-13(21)22-7-14(16,17)18/h2-6H,7H2,1H3. The van der Waals surface area contributed by atoms with Crippen LogP contribution in [0.4, 0.5) is 4.79 Å². The van der Waals surface area contributed by atoms with Gasteiger partial charge in [0.2, 0.25) is 9.54 Å². The van der Waals surface area contributed by atoms with Crippen LogP contribution in [0.25, 0.3) is 0 Å². The van der Waals surface area contributed by atoms with Crippen molar-refractivity contribution in [3.8, 4) is 17.4 Å². The lowest BCUT2D eigenvalue weighted by atomic mass is 10.2. The van der Waals surface area contributed by atoms with Crippen LogP contribution in [0.3, 0.4) is 0 Å². The molecule has 0 spiro atoms. The molecule has 24 heavy (non-hydrogen) atoms. The van der Waals surface area contributed by atoms with E-state index < -0.39 is 16.6 Å². The van der Waals surface area contributed by atoms with Crippen LogP contribution in [0.5, 0.6) is 17.4 Å². The number of hydrogen-bond donors (Lipinski definition) is 0. The molecule has 0 aliphatic carbocycles. The number of carbonyl (C=O) groups excluding carboxylic acids is 1. The number of aromatic nitrogens is 2. The topological polar surface area (TPSA) is 70.5 Å². The quantitative estimate of drug-likeness (QED) is 0.513. The Hall–Kier alpha value is -1.47. The molecule has 1 heterocycles. The summed E-state index contributed by atoms with van der Waals surface area (Å²) in [5.41, 5.74) is 0.846. The Bertz CT molecular complexity index is 737. The summed E-state index contributed by atoms with van der Waals surface area (Å²) in [6.45, 7) is 1.35. The number of benzene rings is 1. The van der Waals surface area contributed by atoms with Crippen molar-refractivity contribution >= 4 is 52.6 Å². The van der Waals surface area contributed by atoms with E-state index in [1.54, 1.807) is 12.1 Å². The van der Waals surface area contributed by atoms with Gasteiger partial charge in [-0.25, -0.2) is 4.79 Å². The van der Waals surface area contributed by atoms with Crippen LogP contribution in [0.15, 0.2) is 30.3 Å². The second kappa shape index (κ2) is 8.07. The Morgan fingerprint density at radius 3 is 2.54 bits per heavy atom. The zero-order valence-electron chi connectivity index (χ0n) is 12.1. The molecule has 0 atom stereocenters. The van der Waals surface area contributed by atoms with E-state index in [1.807, 2.05) is 19.1 Å². The van der Waals surface area contributed by atoms with Crippen LogP contribution >= 0.6 is 46.4 Å². The number of alkyl halides is 3. The molecule has 128 valence electrons. The number of halogens is 4. The number of rotatable bonds is 4. The van der Waals surface area contributed by atoms with Gasteiger partial charge in [-0.2, -0.15) is 0 Å². The normalized spacial score (nSPS) is 11.0. The Kier molecular flexibility index (Phi) is 6.34. The fraction of sp³-hybridized carbons (Fsp3) is 0.214. The molecule has 0 saturated carbocycles. The number of hydrogen-bond acceptors (Lipinski definition) is 6. The van der Waals surface area contributed by atoms with Gasteiger partial charge >= 0.3 is 6.16 Å². The number of nitrogens with zero attached hydrogens (tertiary/aromatic N) is 2. The third-order valence-electron chi connectivity index (χ3n) is 2.54. The van der Waals surface area contributed by atoms with Crippen molar-refractivity contribution in [1.29, 1.82) is 0 Å². The van der Waals surface area contributed by atoms with Crippen LogP contribution in [-0.2, 0) is 4.74 Å². The largest absolute Gasteiger partial charge is 0.514 e. The highest BCUT2D eigenvalue weighted by atomic mass is 35.6. The van der Waals surface area contributed by atoms with E-state index in [0.717, 1.165) is 5.56 Å². The summed E-state index contributed by atoms with van der Waals surface area (Å²) in [6.07, 6.45) is -1.11. The Labute approximate surface area is 157 Å². The van der Waals surface area contributed by atoms with Crippen molar-refractivity contribution in [1.82, 2.24) is 10.2 Å². The molecule has 6 nitrogen and oxygen atoms in total. The van der Waals surface area contributed by atoms with Gasteiger partial charge in [0.15, 0.2) is 5.15 Å². The van der Waals surface area contributed by atoms with Gasteiger partial charge in [0.05, 0.1) is 0 Å². The first-order chi connectivity index (χ1) is 11.2. The molecular formula is C14H10Cl4N2O4. The molecular weight excluding hydrogens is 402 g/mol. The lowest BCUT2D eigenvalue weighted by Crippen LogP contribution is -2.20. The molecule has 0 aliphatic rings. The Morgan fingerprint density at radius 1 is 1.17 bits per heavy atom. The molecule has 2 rings (SSSR count). The molecule has 0 bridgehead atoms. The molecule has 0 saturated heterocycles. The van der Waals surface area contributed by atoms with Gasteiger partial charge in [-0.3, -0.25) is 0 Å². The lowest BCUT2D eigenvalue weighted by Gasteiger charge is -2.13. The van der Waals surface area contributed by atoms with Crippen molar-refractivity contribution in [2.45, 2.75) is 10.7 Å². The highest BCUT2D eigenvalue weighted by Gasteiger charge is 2.24. The van der Waals surface area contributed by atoms with Gasteiger partial charge in [0, 0.05) is 6.07 Å². The first-order valence-electron chi connectivity index (χ1n) is 6.42. The first kappa shape index (κ1) is 18.9. The van der Waals surface area contributed by atoms with Gasteiger partial charge < -0.3 is 14.2 Å². The number of carbonyl (C=O) groups is 1. The summed E-state index contributed by atoms with van der Waals surface area (Å²) < 4.78 is 13.5. The highest BCUT2D eigenvalue weighted by molar-refractivity contribution is 6.67. The maximum atomic E-state index is 11.7. The fourth-order valence-corrected chi connectivity index (χ4v) is 1.82. The van der Waals surface area contributed by atoms with Crippen LogP contribution in [0.1, 0.15) is 5.56 Å². The molecule has 2 aromatic rings. The van der Waals surface area contributed by atoms with Crippen molar-refractivity contribution in [2.24, 2.45) is 0 Å². The van der Waals surface area contributed by atoms with Crippen molar-refractivity contribution in [2.75, 3.05) is 6.61 Å². The summed E-state index contributed by atoms with van der Waals surface area (Å²) in [5.74, 6) is 0.348. The molecule has 0 unspecified atom stereocenters. The smallest absolute Gasteiger partial charge is 0.435 e. The molecule has 0 fully saturated rings. The predicted molar refractivity (Wildman–Crippen MR) is 90.6 cm³/mol. The van der Waals surface area contributed by atoms with Gasteiger partial charge in [-0.05, 0) is 18.6 Å². The molecule has 1 aromatic carbocycles. The van der Waals surface area contributed by atoms with E-state index in [9.17, 15) is 4.79 Å². The average Bonchev–Trinajstić information content (AvgIpc) is 2.49. The van der Waals surface area contributed by atoms with Gasteiger partial charge in [0.25, 0.3) is 5.88 Å². The van der Waals surface area contributed by atoms with E-state index in [0.29, 0.717) is 5.75 Å². The van der Waals surface area contributed by atoms with E-state index in [1.165, 1.54) is 6.07 Å². The van der Waals surface area contributed by atoms with Crippen molar-refractivity contribution in [3.63, 3.8) is 0 Å². The second-order valence-corrected chi connectivity index (χ2v) is 7.36. The van der Waals surface area contributed by atoms with Gasteiger partial charge in [0.1, 0.15) is 12.4 Å². The molecule has 0 N–H and O–H groups in total. The van der Waals surface area contributed by atoms with Crippen LogP contribution in [0.2, 0.25) is 5.15 Å². The SMILES string of the molecule is Cc1ccccc1Oc1nnc(Cl)cc1OC(=O)OCC(Cl)(Cl)Cl. The number of aryl methyl sites for hydroxylation is 1. The summed E-state index contributed by atoms with van der Waals surface area (Å²) in [7, 11) is 0. The van der Waals surface area contributed by atoms with Crippen LogP contribution in [-0.4, -0.2) is 26.8 Å². The van der Waals surface area contributed by atoms with E-state index in [-0.39, 0.29) is 16.8 Å². The molecule has 10 heteroatoms. The third-order valence-corrected chi connectivity index (χ3v) is 3.06. The van der Waals surface area contributed by atoms with Crippen LogP contribution < -0.4 is 9.47 Å². The molecule has 0 amide bonds. The van der Waals surface area contributed by atoms with Crippen LogP contribution in [0, 0.1) is 6.92 Å². The Morgan fingerprint density at radius 2 is 1.88 bits per heavy atom. The van der Waals surface area contributed by atoms with Crippen molar-refractivity contribution < 1.29 is 19.0 Å². The van der Waals surface area contributed by atoms with Gasteiger partial charge in [-0.15, -0.1) is 10.2 Å². The monoisotopic (exact) mass is 410 g/mol. The summed E-state index contributed by atoms with van der Waals surface area (Å²) in [6, 6.07) is 8.44. The second-order valence-electron chi connectivity index (χ2n) is 4.46. The molecule has 1 aromatic heterocycles. The first-order valence-corrected chi connectivity index (χ1v) is 7.94. The predicted octanol–water partition coefficient (Wildman–Crippen LogP) is 5.12. The summed E-state index contributed by atoms with van der Waals surface area (Å²) in [4.78, 5) is 11.7. The average molecular weight is 412 g/mol. The minimum Gasteiger partial charge on any atom is -0.435 e.